The molecular formula is C54H41N3. The average Bonchev–Trinajstić information content (AvgIpc) is 3.63. The van der Waals surface area contributed by atoms with Gasteiger partial charge in [-0.15, -0.1) is 0 Å². The van der Waals surface area contributed by atoms with Gasteiger partial charge in [0.15, 0.2) is 5.84 Å². The maximum absolute atomic E-state index is 5.39. The van der Waals surface area contributed by atoms with Crippen molar-refractivity contribution in [1.82, 2.24) is 4.57 Å². The molecule has 0 amide bonds. The van der Waals surface area contributed by atoms with Gasteiger partial charge < -0.3 is 4.57 Å². The zero-order valence-corrected chi connectivity index (χ0v) is 32.1. The van der Waals surface area contributed by atoms with Gasteiger partial charge in [-0.05, 0) is 91.5 Å². The molecule has 0 fully saturated rings. The van der Waals surface area contributed by atoms with Crippen LogP contribution in [0.5, 0.6) is 0 Å². The molecule has 3 unspecified atom stereocenters. The molecule has 0 radical (unpaired) electrons. The normalized spacial score (nSPS) is 17.6. The highest BCUT2D eigenvalue weighted by molar-refractivity contribution is 6.21. The lowest BCUT2D eigenvalue weighted by molar-refractivity contribution is 0.592. The Kier molecular flexibility index (Phi) is 7.89. The van der Waals surface area contributed by atoms with Crippen LogP contribution in [0.1, 0.15) is 53.6 Å². The minimum Gasteiger partial charge on any atom is -0.309 e. The Morgan fingerprint density at radius 1 is 0.509 bits per heavy atom. The predicted molar refractivity (Wildman–Crippen MR) is 239 cm³/mol. The summed E-state index contributed by atoms with van der Waals surface area (Å²) in [4.78, 5) is 10.8. The Morgan fingerprint density at radius 2 is 1.11 bits per heavy atom. The zero-order chi connectivity index (χ0) is 38.0. The first kappa shape index (κ1) is 33.5. The van der Waals surface area contributed by atoms with E-state index in [-0.39, 0.29) is 12.0 Å². The summed E-state index contributed by atoms with van der Waals surface area (Å²) >= 11 is 0. The van der Waals surface area contributed by atoms with Crippen molar-refractivity contribution in [3.8, 4) is 28.1 Å². The molecule has 8 aromatic carbocycles. The van der Waals surface area contributed by atoms with Gasteiger partial charge >= 0.3 is 0 Å². The third-order valence-corrected chi connectivity index (χ3v) is 12.4. The molecule has 3 heteroatoms. The van der Waals surface area contributed by atoms with E-state index in [2.05, 4.69) is 200 Å². The van der Waals surface area contributed by atoms with E-state index in [1.165, 1.54) is 77.2 Å². The molecule has 0 spiro atoms. The van der Waals surface area contributed by atoms with E-state index in [9.17, 15) is 0 Å². The Bertz CT molecular complexity index is 3050. The summed E-state index contributed by atoms with van der Waals surface area (Å²) in [6, 6.07) is 65.9. The third-order valence-electron chi connectivity index (χ3n) is 12.4. The molecule has 3 nitrogen and oxygen atoms in total. The minimum absolute atomic E-state index is 0.0607. The number of fused-ring (bicyclic) bond motifs is 10. The van der Waals surface area contributed by atoms with Crippen LogP contribution < -0.4 is 0 Å². The van der Waals surface area contributed by atoms with Crippen LogP contribution in [0.2, 0.25) is 0 Å². The minimum atomic E-state index is -0.0762. The number of rotatable bonds is 5. The van der Waals surface area contributed by atoms with Crippen LogP contribution in [0.25, 0.3) is 60.5 Å². The Hall–Kier alpha value is -6.84. The second kappa shape index (κ2) is 13.4. The molecule has 0 N–H and O–H groups in total. The van der Waals surface area contributed by atoms with Crippen LogP contribution in [0.15, 0.2) is 192 Å². The van der Waals surface area contributed by atoms with Crippen molar-refractivity contribution in [3.63, 3.8) is 0 Å². The second-order valence-electron chi connectivity index (χ2n) is 15.8. The van der Waals surface area contributed by atoms with E-state index < -0.39 is 0 Å². The van der Waals surface area contributed by atoms with E-state index in [1.54, 1.807) is 0 Å². The highest BCUT2D eigenvalue weighted by Crippen LogP contribution is 2.51. The maximum atomic E-state index is 5.39. The number of para-hydroxylation sites is 2. The van der Waals surface area contributed by atoms with Crippen molar-refractivity contribution >= 4 is 44.0 Å². The highest BCUT2D eigenvalue weighted by atomic mass is 15.0. The molecule has 1 aliphatic heterocycles. The molecule has 0 bridgehead atoms. The lowest BCUT2D eigenvalue weighted by atomic mass is 9.77. The third kappa shape index (κ3) is 5.41. The van der Waals surface area contributed by atoms with Gasteiger partial charge in [0.2, 0.25) is 0 Å². The smallest absolute Gasteiger partial charge is 0.155 e. The fraction of sp³-hybridized carbons (Fsp3) is 0.111. The summed E-state index contributed by atoms with van der Waals surface area (Å²) in [6.07, 6.45) is 0.981. The fourth-order valence-electron chi connectivity index (χ4n) is 9.73. The Balaban J connectivity index is 1.10. The van der Waals surface area contributed by atoms with Gasteiger partial charge in [0.05, 0.1) is 23.0 Å². The van der Waals surface area contributed by atoms with Crippen LogP contribution in [-0.2, 0) is 6.42 Å². The van der Waals surface area contributed by atoms with E-state index >= 15 is 0 Å². The summed E-state index contributed by atoms with van der Waals surface area (Å²) in [5.41, 5.74) is 14.9. The molecule has 9 aromatic rings. The van der Waals surface area contributed by atoms with Crippen LogP contribution in [0, 0.1) is 5.92 Å². The van der Waals surface area contributed by atoms with Crippen molar-refractivity contribution in [2.75, 3.05) is 0 Å². The Morgan fingerprint density at radius 3 is 1.84 bits per heavy atom. The van der Waals surface area contributed by atoms with Gasteiger partial charge in [-0.2, -0.15) is 0 Å². The van der Waals surface area contributed by atoms with Gasteiger partial charge in [0.1, 0.15) is 0 Å². The molecule has 1 aromatic heterocycles. The lowest BCUT2D eigenvalue weighted by Gasteiger charge is -2.29. The predicted octanol–water partition coefficient (Wildman–Crippen LogP) is 13.6. The monoisotopic (exact) mass is 731 g/mol. The number of benzene rings is 8. The molecule has 272 valence electrons. The summed E-state index contributed by atoms with van der Waals surface area (Å²) in [6.45, 7) is 4.70. The summed E-state index contributed by atoms with van der Waals surface area (Å²) in [7, 11) is 0. The van der Waals surface area contributed by atoms with Gasteiger partial charge in [0, 0.05) is 28.1 Å². The SMILES string of the molecule is CC1Cc2c(c3ccccc3c3cc(C4=NC(c5ccccc5)=NC(c5ccc(-c6ccccc6)cc5)C4C)ccc23)-c2c1c1ccccc1n2-c1ccccc1. The molecule has 3 atom stereocenters. The average molecular weight is 732 g/mol. The second-order valence-corrected chi connectivity index (χ2v) is 15.8. The first-order valence-corrected chi connectivity index (χ1v) is 20.2. The fourth-order valence-corrected chi connectivity index (χ4v) is 9.73. The summed E-state index contributed by atoms with van der Waals surface area (Å²) in [5.74, 6) is 1.20. The highest BCUT2D eigenvalue weighted by Gasteiger charge is 2.34. The summed E-state index contributed by atoms with van der Waals surface area (Å²) < 4.78 is 2.52. The first-order chi connectivity index (χ1) is 28.1. The maximum Gasteiger partial charge on any atom is 0.155 e. The number of hydrogen-bond acceptors (Lipinski definition) is 2. The Labute approximate surface area is 333 Å². The quantitative estimate of drug-likeness (QED) is 0.158. The van der Waals surface area contributed by atoms with Crippen LogP contribution in [0.3, 0.4) is 0 Å². The molecule has 11 rings (SSSR count). The van der Waals surface area contributed by atoms with E-state index in [0.717, 1.165) is 29.1 Å². The number of amidine groups is 1. The number of aromatic nitrogens is 1. The largest absolute Gasteiger partial charge is 0.309 e. The van der Waals surface area contributed by atoms with Gasteiger partial charge in [-0.1, -0.05) is 172 Å². The number of hydrogen-bond donors (Lipinski definition) is 0. The molecule has 2 aliphatic rings. The van der Waals surface area contributed by atoms with E-state index in [0.29, 0.717) is 5.92 Å². The van der Waals surface area contributed by atoms with Gasteiger partial charge in [-0.3, -0.25) is 4.99 Å². The van der Waals surface area contributed by atoms with Crippen LogP contribution in [0.4, 0.5) is 0 Å². The molecule has 1 aliphatic carbocycles. The van der Waals surface area contributed by atoms with Gasteiger partial charge in [0.25, 0.3) is 0 Å². The van der Waals surface area contributed by atoms with Crippen LogP contribution in [-0.4, -0.2) is 16.1 Å². The molecular weight excluding hydrogens is 691 g/mol. The van der Waals surface area contributed by atoms with Crippen molar-refractivity contribution in [2.45, 2.75) is 32.2 Å². The first-order valence-electron chi connectivity index (χ1n) is 20.2. The number of nitrogens with zero attached hydrogens (tertiary/aromatic N) is 3. The van der Waals surface area contributed by atoms with E-state index in [1.807, 2.05) is 0 Å². The molecule has 0 saturated heterocycles. The van der Waals surface area contributed by atoms with E-state index in [4.69, 9.17) is 9.98 Å². The van der Waals surface area contributed by atoms with Crippen molar-refractivity contribution in [1.29, 1.82) is 0 Å². The molecule has 57 heavy (non-hydrogen) atoms. The number of aliphatic imine (C=N–C) groups is 2. The van der Waals surface area contributed by atoms with Crippen molar-refractivity contribution < 1.29 is 0 Å². The molecule has 0 saturated carbocycles. The molecule has 2 heterocycles. The van der Waals surface area contributed by atoms with Gasteiger partial charge in [-0.25, -0.2) is 4.99 Å². The summed E-state index contributed by atoms with van der Waals surface area (Å²) in [5, 5.41) is 6.52. The topological polar surface area (TPSA) is 29.6 Å². The zero-order valence-electron chi connectivity index (χ0n) is 32.1. The van der Waals surface area contributed by atoms with Crippen molar-refractivity contribution in [2.24, 2.45) is 15.9 Å². The van der Waals surface area contributed by atoms with Crippen molar-refractivity contribution in [3.05, 3.63) is 210 Å². The standard InChI is InChI=1S/C54H41N3/c1-34-32-47-43-31-30-40(52-35(2)51(55-54(56-52)39-18-8-4-9-19-39)38-28-26-37(27-29-38)36-16-6-3-7-17-36)33-46(43)42-22-12-13-23-44(42)50(47)53-49(34)45-24-14-15-25-48(45)57(53)41-20-10-5-11-21-41/h3-31,33-35,51H,32H2,1-2H3. The lowest BCUT2D eigenvalue weighted by Crippen LogP contribution is -2.26. The van der Waals surface area contributed by atoms with Crippen LogP contribution >= 0.6 is 0 Å².